The number of benzene rings is 1. The van der Waals surface area contributed by atoms with Crippen molar-refractivity contribution in [3.8, 4) is 0 Å². The molecule has 0 fully saturated rings. The van der Waals surface area contributed by atoms with E-state index in [0.717, 1.165) is 11.8 Å². The predicted octanol–water partition coefficient (Wildman–Crippen LogP) is 1.08. The molecular formula is C15H23NO3. The molecule has 0 aromatic heterocycles. The van der Waals surface area contributed by atoms with Crippen LogP contribution in [0, 0.1) is 0 Å². The fraction of sp³-hybridized carbons (Fsp3) is 0.533. The molecule has 1 N–H and O–H groups in total. The molecule has 0 saturated heterocycles. The number of aldehydes is 1. The van der Waals surface area contributed by atoms with Gasteiger partial charge in [0.2, 0.25) is 0 Å². The van der Waals surface area contributed by atoms with Crippen LogP contribution in [0.15, 0.2) is 30.3 Å². The van der Waals surface area contributed by atoms with Crippen molar-refractivity contribution in [1.82, 2.24) is 4.90 Å². The molecule has 4 heteroatoms. The molecule has 19 heavy (non-hydrogen) atoms. The summed E-state index contributed by atoms with van der Waals surface area (Å²) in [6, 6.07) is 9.69. The van der Waals surface area contributed by atoms with E-state index in [-0.39, 0.29) is 0 Å². The van der Waals surface area contributed by atoms with Crippen LogP contribution in [0.2, 0.25) is 0 Å². The van der Waals surface area contributed by atoms with Crippen molar-refractivity contribution in [2.45, 2.75) is 18.4 Å². The zero-order valence-corrected chi connectivity index (χ0v) is 11.9. The van der Waals surface area contributed by atoms with Gasteiger partial charge in [-0.25, -0.2) is 0 Å². The predicted molar refractivity (Wildman–Crippen MR) is 75.2 cm³/mol. The molecule has 0 aliphatic heterocycles. The largest absolute Gasteiger partial charge is 0.389 e. The summed E-state index contributed by atoms with van der Waals surface area (Å²) < 4.78 is 4.90. The number of rotatable bonds is 8. The Morgan fingerprint density at radius 2 is 2.05 bits per heavy atom. The number of aliphatic hydroxyl groups is 1. The quantitative estimate of drug-likeness (QED) is 0.715. The third-order valence-corrected chi connectivity index (χ3v) is 3.17. The molecule has 0 amide bonds. The number of hydrogen-bond acceptors (Lipinski definition) is 4. The average molecular weight is 265 g/mol. The summed E-state index contributed by atoms with van der Waals surface area (Å²) in [5, 5.41) is 9.70. The molecule has 0 aliphatic rings. The van der Waals surface area contributed by atoms with Gasteiger partial charge in [0.05, 0.1) is 18.1 Å². The topological polar surface area (TPSA) is 49.8 Å². The molecule has 1 rings (SSSR count). The summed E-state index contributed by atoms with van der Waals surface area (Å²) in [4.78, 5) is 13.4. The number of hydrogen-bond donors (Lipinski definition) is 1. The van der Waals surface area contributed by atoms with Gasteiger partial charge in [-0.2, -0.15) is 0 Å². The van der Waals surface area contributed by atoms with E-state index in [1.807, 2.05) is 49.2 Å². The number of methoxy groups -OCH3 is 1. The molecule has 0 bridgehead atoms. The van der Waals surface area contributed by atoms with Gasteiger partial charge in [0.15, 0.2) is 0 Å². The van der Waals surface area contributed by atoms with E-state index >= 15 is 0 Å². The average Bonchev–Trinajstić information content (AvgIpc) is 2.39. The monoisotopic (exact) mass is 265 g/mol. The Kier molecular flexibility index (Phi) is 6.15. The van der Waals surface area contributed by atoms with Gasteiger partial charge >= 0.3 is 0 Å². The van der Waals surface area contributed by atoms with Crippen molar-refractivity contribution in [2.24, 2.45) is 0 Å². The van der Waals surface area contributed by atoms with Gasteiger partial charge in [0, 0.05) is 20.2 Å². The second-order valence-electron chi connectivity index (χ2n) is 5.21. The van der Waals surface area contributed by atoms with Crippen LogP contribution in [0.25, 0.3) is 0 Å². The summed E-state index contributed by atoms with van der Waals surface area (Å²) in [7, 11) is 3.45. The molecule has 106 valence electrons. The van der Waals surface area contributed by atoms with E-state index in [4.69, 9.17) is 4.74 Å². The molecule has 0 spiro atoms. The van der Waals surface area contributed by atoms with Gasteiger partial charge in [-0.15, -0.1) is 0 Å². The van der Waals surface area contributed by atoms with Crippen LogP contribution < -0.4 is 0 Å². The van der Waals surface area contributed by atoms with Crippen molar-refractivity contribution in [3.63, 3.8) is 0 Å². The summed E-state index contributed by atoms with van der Waals surface area (Å²) in [5.74, 6) is 0. The molecule has 2 unspecified atom stereocenters. The van der Waals surface area contributed by atoms with Crippen molar-refractivity contribution in [3.05, 3.63) is 35.9 Å². The number of ether oxygens (including phenoxy) is 1. The minimum absolute atomic E-state index is 0.299. The smallest absolute Gasteiger partial charge is 0.131 e. The molecular weight excluding hydrogens is 242 g/mol. The number of likely N-dealkylation sites (N-methyl/N-ethyl adjacent to an activating group) is 1. The van der Waals surface area contributed by atoms with Crippen molar-refractivity contribution < 1.29 is 14.6 Å². The fourth-order valence-electron chi connectivity index (χ4n) is 2.25. The molecule has 4 nitrogen and oxygen atoms in total. The highest BCUT2D eigenvalue weighted by molar-refractivity contribution is 5.68. The first-order valence-electron chi connectivity index (χ1n) is 6.39. The Balaban J connectivity index is 2.68. The van der Waals surface area contributed by atoms with Crippen LogP contribution in [0.3, 0.4) is 0 Å². The lowest BCUT2D eigenvalue weighted by atomic mass is 9.83. The van der Waals surface area contributed by atoms with Crippen LogP contribution in [-0.4, -0.2) is 56.3 Å². The first-order chi connectivity index (χ1) is 9.01. The van der Waals surface area contributed by atoms with Crippen LogP contribution >= 0.6 is 0 Å². The fourth-order valence-corrected chi connectivity index (χ4v) is 2.25. The Hall–Kier alpha value is -1.23. The van der Waals surface area contributed by atoms with E-state index in [2.05, 4.69) is 0 Å². The van der Waals surface area contributed by atoms with E-state index in [1.165, 1.54) is 0 Å². The Morgan fingerprint density at radius 3 is 2.58 bits per heavy atom. The minimum Gasteiger partial charge on any atom is -0.389 e. The third-order valence-electron chi connectivity index (χ3n) is 3.17. The molecule has 0 radical (unpaired) electrons. The van der Waals surface area contributed by atoms with Gasteiger partial charge in [0.1, 0.15) is 6.29 Å². The zero-order chi connectivity index (χ0) is 14.3. The molecule has 0 saturated carbocycles. The number of carbonyl (C=O) groups excluding carboxylic acids is 1. The zero-order valence-electron chi connectivity index (χ0n) is 11.9. The van der Waals surface area contributed by atoms with Crippen LogP contribution in [0.1, 0.15) is 12.5 Å². The highest BCUT2D eigenvalue weighted by Crippen LogP contribution is 2.22. The lowest BCUT2D eigenvalue weighted by Gasteiger charge is -2.30. The lowest BCUT2D eigenvalue weighted by Crippen LogP contribution is -2.42. The van der Waals surface area contributed by atoms with E-state index in [1.54, 1.807) is 7.11 Å². The summed E-state index contributed by atoms with van der Waals surface area (Å²) >= 11 is 0. The van der Waals surface area contributed by atoms with E-state index < -0.39 is 11.5 Å². The van der Waals surface area contributed by atoms with Crippen molar-refractivity contribution >= 4 is 6.29 Å². The summed E-state index contributed by atoms with van der Waals surface area (Å²) in [5.41, 5.74) is 0.418. The maximum absolute atomic E-state index is 11.5. The standard InChI is InChI=1S/C15H23NO3/c1-15(12-17,13-7-5-4-6-8-13)11-16(2)9-14(18)10-19-3/h4-8,12,14,18H,9-11H2,1-3H3. The van der Waals surface area contributed by atoms with Crippen LogP contribution in [0.4, 0.5) is 0 Å². The highest BCUT2D eigenvalue weighted by atomic mass is 16.5. The SMILES string of the molecule is COCC(O)CN(C)CC(C)(C=O)c1ccccc1. The summed E-state index contributed by atoms with van der Waals surface area (Å²) in [6.45, 7) is 3.24. The van der Waals surface area contributed by atoms with Gasteiger partial charge in [-0.05, 0) is 19.5 Å². The maximum Gasteiger partial charge on any atom is 0.131 e. The second kappa shape index (κ2) is 7.38. The molecule has 0 aliphatic carbocycles. The first-order valence-corrected chi connectivity index (χ1v) is 6.39. The first kappa shape index (κ1) is 15.8. The third kappa shape index (κ3) is 4.74. The summed E-state index contributed by atoms with van der Waals surface area (Å²) in [6.07, 6.45) is 0.434. The van der Waals surface area contributed by atoms with Gasteiger partial charge in [-0.3, -0.25) is 0 Å². The van der Waals surface area contributed by atoms with Gasteiger partial charge < -0.3 is 19.5 Å². The molecule has 2 atom stereocenters. The second-order valence-corrected chi connectivity index (χ2v) is 5.21. The highest BCUT2D eigenvalue weighted by Gasteiger charge is 2.28. The Labute approximate surface area is 115 Å². The Bertz CT molecular complexity index is 382. The van der Waals surface area contributed by atoms with Gasteiger partial charge in [0.25, 0.3) is 0 Å². The van der Waals surface area contributed by atoms with Crippen LogP contribution in [0.5, 0.6) is 0 Å². The minimum atomic E-state index is -0.567. The van der Waals surface area contributed by atoms with E-state index in [9.17, 15) is 9.90 Å². The number of carbonyl (C=O) groups is 1. The molecule has 1 aromatic rings. The molecule has 1 aromatic carbocycles. The van der Waals surface area contributed by atoms with Crippen molar-refractivity contribution in [2.75, 3.05) is 33.9 Å². The molecule has 0 heterocycles. The van der Waals surface area contributed by atoms with Crippen molar-refractivity contribution in [1.29, 1.82) is 0 Å². The normalized spacial score (nSPS) is 16.1. The maximum atomic E-state index is 11.5. The van der Waals surface area contributed by atoms with Gasteiger partial charge in [-0.1, -0.05) is 30.3 Å². The van der Waals surface area contributed by atoms with Crippen LogP contribution in [-0.2, 0) is 14.9 Å². The number of nitrogens with zero attached hydrogens (tertiary/aromatic N) is 1. The number of aliphatic hydroxyl groups excluding tert-OH is 1. The Morgan fingerprint density at radius 1 is 1.42 bits per heavy atom. The lowest BCUT2D eigenvalue weighted by molar-refractivity contribution is -0.112. The van der Waals surface area contributed by atoms with E-state index in [0.29, 0.717) is 19.7 Å².